The van der Waals surface area contributed by atoms with Gasteiger partial charge in [-0.25, -0.2) is 30.5 Å². The van der Waals surface area contributed by atoms with Gasteiger partial charge >= 0.3 is 5.52 Å². The van der Waals surface area contributed by atoms with Crippen LogP contribution in [0.4, 0.5) is 0 Å². The van der Waals surface area contributed by atoms with E-state index in [1.54, 1.807) is 0 Å². The fourth-order valence-electron chi connectivity index (χ4n) is 1.07. The smallest absolute Gasteiger partial charge is 0.233 e. The van der Waals surface area contributed by atoms with Crippen molar-refractivity contribution in [2.45, 2.75) is 0 Å². The third-order valence-corrected chi connectivity index (χ3v) is 30.8. The lowest BCUT2D eigenvalue weighted by atomic mass is 11.8. The largest absolute Gasteiger partial charge is 0.548 e. The minimum Gasteiger partial charge on any atom is -0.233 e. The monoisotopic (exact) mass is 291 g/mol. The molecule has 0 unspecified atom stereocenters. The Bertz CT molecular complexity index is 527. The van der Waals surface area contributed by atoms with Crippen molar-refractivity contribution in [2.24, 2.45) is 0 Å². The van der Waals surface area contributed by atoms with Gasteiger partial charge < -0.3 is 0 Å². The molecule has 88 valence electrons. The Labute approximate surface area is 88.4 Å². The first-order valence-corrected chi connectivity index (χ1v) is 13.2. The van der Waals surface area contributed by atoms with Crippen LogP contribution in [0.25, 0.3) is 0 Å². The van der Waals surface area contributed by atoms with Crippen molar-refractivity contribution >= 4 is 33.4 Å². The van der Waals surface area contributed by atoms with Crippen LogP contribution in [0, 0.1) is 11.0 Å². The highest BCUT2D eigenvalue weighted by Crippen LogP contribution is 2.23. The summed E-state index contributed by atoms with van der Waals surface area (Å²) in [5, 5.41) is 8.66. The van der Waals surface area contributed by atoms with Crippen molar-refractivity contribution in [1.29, 1.82) is 5.26 Å². The Morgan fingerprint density at radius 3 is 1.00 bits per heavy atom. The topological polar surface area (TPSA) is 126 Å². The van der Waals surface area contributed by atoms with Gasteiger partial charge in [0.2, 0.25) is 0 Å². The zero-order valence-electron chi connectivity index (χ0n) is 8.12. The molecule has 0 amide bonds. The van der Waals surface area contributed by atoms with Crippen molar-refractivity contribution < 1.29 is 25.3 Å². The summed E-state index contributed by atoms with van der Waals surface area (Å²) < 4.78 is 67.6. The molecule has 15 heavy (non-hydrogen) atoms. The minimum atomic E-state index is -5.15. The van der Waals surface area contributed by atoms with Crippen LogP contribution in [0.2, 0.25) is 0 Å². The normalized spacial score (nSPS) is 14.5. The molecular weight excluding hydrogens is 282 g/mol. The van der Waals surface area contributed by atoms with Gasteiger partial charge in [0.05, 0.1) is 5.69 Å². The molecular formula is C4H9NO6S3Si. The number of nitriles is 1. The Kier molecular flexibility index (Phi) is 3.44. The maximum atomic E-state index is 11.3. The molecule has 0 saturated heterocycles. The average Bonchev–Trinajstić information content (AvgIpc) is 1.76. The highest BCUT2D eigenvalue weighted by atomic mass is 32.8. The van der Waals surface area contributed by atoms with Gasteiger partial charge in [0.15, 0.2) is 27.9 Å². The second-order valence-corrected chi connectivity index (χ2v) is 23.5. The number of hydrogen-bond acceptors (Lipinski definition) is 7. The SMILES string of the molecule is CS(=O)(=O)[Si](C#N)(S(C)(=O)=O)S(C)(=O)=O. The molecule has 0 radical (unpaired) electrons. The molecule has 0 aliphatic heterocycles. The summed E-state index contributed by atoms with van der Waals surface area (Å²) in [6.45, 7) is 0. The van der Waals surface area contributed by atoms with Crippen LogP contribution in [-0.2, 0) is 27.9 Å². The van der Waals surface area contributed by atoms with E-state index >= 15 is 0 Å². The van der Waals surface area contributed by atoms with Gasteiger partial charge in [-0.3, -0.25) is 0 Å². The predicted octanol–water partition coefficient (Wildman–Crippen LogP) is -1.88. The lowest BCUT2D eigenvalue weighted by molar-refractivity contribution is 0.606. The fourth-order valence-corrected chi connectivity index (χ4v) is 24.5. The minimum absolute atomic E-state index is 0.449. The third-order valence-electron chi connectivity index (χ3n) is 1.60. The van der Waals surface area contributed by atoms with Crippen LogP contribution in [0.5, 0.6) is 0 Å². The van der Waals surface area contributed by atoms with Crippen LogP contribution in [-0.4, -0.2) is 49.5 Å². The van der Waals surface area contributed by atoms with E-state index in [2.05, 4.69) is 0 Å². The molecule has 0 fully saturated rings. The summed E-state index contributed by atoms with van der Waals surface area (Å²) in [4.78, 5) is 0. The summed E-state index contributed by atoms with van der Waals surface area (Å²) in [6, 6.07) is 0. The number of rotatable bonds is 3. The standard InChI is InChI=1S/C4H9NO6S3Si/c1-12(6,7)15(4-5,13(2,8)9)14(3,10)11/h1-3H3. The summed E-state index contributed by atoms with van der Waals surface area (Å²) in [5.74, 6) is 0. The van der Waals surface area contributed by atoms with Gasteiger partial charge in [0.25, 0.3) is 0 Å². The van der Waals surface area contributed by atoms with E-state index in [9.17, 15) is 25.3 Å². The summed E-state index contributed by atoms with van der Waals surface area (Å²) in [7, 11) is -13.5. The van der Waals surface area contributed by atoms with Crippen molar-refractivity contribution in [3.8, 4) is 5.69 Å². The molecule has 11 heteroatoms. The Balaban J connectivity index is 6.78. The van der Waals surface area contributed by atoms with Crippen LogP contribution < -0.4 is 0 Å². The van der Waals surface area contributed by atoms with Gasteiger partial charge in [-0.2, -0.15) is 0 Å². The van der Waals surface area contributed by atoms with Crippen molar-refractivity contribution in [2.75, 3.05) is 18.8 Å². The zero-order valence-corrected chi connectivity index (χ0v) is 11.6. The first-order chi connectivity index (χ1) is 6.31. The molecule has 0 rings (SSSR count). The average molecular weight is 291 g/mol. The molecule has 0 N–H and O–H groups in total. The van der Waals surface area contributed by atoms with Crippen molar-refractivity contribution in [3.05, 3.63) is 0 Å². The van der Waals surface area contributed by atoms with Crippen LogP contribution in [0.3, 0.4) is 0 Å². The third kappa shape index (κ3) is 2.07. The molecule has 0 spiro atoms. The van der Waals surface area contributed by atoms with Gasteiger partial charge in [-0.1, -0.05) is 0 Å². The van der Waals surface area contributed by atoms with Gasteiger partial charge in [-0.05, 0) is 0 Å². The first-order valence-electron chi connectivity index (χ1n) is 3.31. The van der Waals surface area contributed by atoms with E-state index in [-0.39, 0.29) is 0 Å². The molecule has 0 aromatic rings. The Morgan fingerprint density at radius 1 is 0.800 bits per heavy atom. The van der Waals surface area contributed by atoms with Crippen molar-refractivity contribution in [1.82, 2.24) is 0 Å². The van der Waals surface area contributed by atoms with E-state index in [1.165, 1.54) is 0 Å². The molecule has 0 saturated carbocycles. The van der Waals surface area contributed by atoms with E-state index in [4.69, 9.17) is 5.26 Å². The summed E-state index contributed by atoms with van der Waals surface area (Å²) >= 11 is 0. The second kappa shape index (κ2) is 3.54. The first kappa shape index (κ1) is 14.6. The summed E-state index contributed by atoms with van der Waals surface area (Å²) in [6.07, 6.45) is 1.35. The van der Waals surface area contributed by atoms with Crippen molar-refractivity contribution in [3.63, 3.8) is 0 Å². The van der Waals surface area contributed by atoms with Crippen LogP contribution in [0.1, 0.15) is 0 Å². The zero-order chi connectivity index (χ0) is 12.7. The quantitative estimate of drug-likeness (QED) is 0.557. The molecule has 0 heterocycles. The lowest BCUT2D eigenvalue weighted by Crippen LogP contribution is -2.56. The highest BCUT2D eigenvalue weighted by Gasteiger charge is 2.66. The molecule has 7 nitrogen and oxygen atoms in total. The molecule has 0 aromatic carbocycles. The summed E-state index contributed by atoms with van der Waals surface area (Å²) in [5.41, 5.74) is -4.14. The van der Waals surface area contributed by atoms with E-state index in [0.717, 1.165) is 5.69 Å². The Morgan fingerprint density at radius 2 is 1.00 bits per heavy atom. The molecule has 0 aliphatic rings. The van der Waals surface area contributed by atoms with E-state index < -0.39 is 33.4 Å². The molecule has 0 aromatic heterocycles. The van der Waals surface area contributed by atoms with Gasteiger partial charge in [0, 0.05) is 18.8 Å². The number of hydrogen-bond donors (Lipinski definition) is 0. The second-order valence-electron chi connectivity index (χ2n) is 2.98. The predicted molar refractivity (Wildman–Crippen MR) is 55.9 cm³/mol. The fraction of sp³-hybridized carbons (Fsp3) is 0.750. The highest BCUT2D eigenvalue weighted by molar-refractivity contribution is 8.74. The van der Waals surface area contributed by atoms with Gasteiger partial charge in [-0.15, -0.1) is 0 Å². The molecule has 0 bridgehead atoms. The van der Waals surface area contributed by atoms with Gasteiger partial charge in [0.1, 0.15) is 0 Å². The van der Waals surface area contributed by atoms with Crippen LogP contribution in [0.15, 0.2) is 0 Å². The Hall–Kier alpha value is -0.443. The van der Waals surface area contributed by atoms with Crippen LogP contribution >= 0.6 is 0 Å². The van der Waals surface area contributed by atoms with E-state index in [1.807, 2.05) is 0 Å². The number of nitrogens with zero attached hydrogens (tertiary/aromatic N) is 1. The molecule has 0 atom stereocenters. The maximum Gasteiger partial charge on any atom is 0.548 e. The molecule has 0 aliphatic carbocycles. The van der Waals surface area contributed by atoms with E-state index in [0.29, 0.717) is 18.8 Å². The maximum absolute atomic E-state index is 11.3. The lowest BCUT2D eigenvalue weighted by Gasteiger charge is -2.16.